The molecule has 7 heteroatoms. The second kappa shape index (κ2) is 9.36. The Labute approximate surface area is 186 Å². The third-order valence-corrected chi connectivity index (χ3v) is 6.52. The predicted molar refractivity (Wildman–Crippen MR) is 116 cm³/mol. The monoisotopic (exact) mass is 443 g/mol. The van der Waals surface area contributed by atoms with Crippen molar-refractivity contribution < 1.29 is 28.2 Å². The first-order valence-electron chi connectivity index (χ1n) is 11.0. The third-order valence-electron chi connectivity index (χ3n) is 6.52. The van der Waals surface area contributed by atoms with Crippen molar-refractivity contribution in [3.8, 4) is 11.1 Å². The van der Waals surface area contributed by atoms with E-state index < -0.39 is 23.8 Å². The fourth-order valence-corrected chi connectivity index (χ4v) is 4.63. The Kier molecular flexibility index (Phi) is 6.55. The first-order valence-corrected chi connectivity index (χ1v) is 11.0. The number of alkyl halides is 2. The highest BCUT2D eigenvalue weighted by Gasteiger charge is 2.34. The van der Waals surface area contributed by atoms with E-state index in [1.807, 2.05) is 53.4 Å². The number of carboxylic acid groups (broad SMARTS) is 1. The summed E-state index contributed by atoms with van der Waals surface area (Å²) in [5.41, 5.74) is 4.44. The van der Waals surface area contributed by atoms with E-state index >= 15 is 0 Å². The van der Waals surface area contributed by atoms with Gasteiger partial charge in [0.25, 0.3) is 5.92 Å². The molecule has 1 N–H and O–H groups in total. The van der Waals surface area contributed by atoms with Gasteiger partial charge in [-0.25, -0.2) is 8.78 Å². The van der Waals surface area contributed by atoms with Crippen LogP contribution in [0.15, 0.2) is 48.5 Å². The molecule has 170 valence electrons. The van der Waals surface area contributed by atoms with Crippen molar-refractivity contribution >= 4 is 11.9 Å². The molecule has 0 spiro atoms. The molecule has 1 aliphatic heterocycles. The van der Waals surface area contributed by atoms with Crippen LogP contribution in [0, 0.1) is 5.92 Å². The summed E-state index contributed by atoms with van der Waals surface area (Å²) in [4.78, 5) is 26.0. The molecule has 1 heterocycles. The largest absolute Gasteiger partial charge is 0.481 e. The molecule has 0 saturated carbocycles. The maximum absolute atomic E-state index is 13.3. The van der Waals surface area contributed by atoms with Crippen LogP contribution in [0.25, 0.3) is 11.1 Å². The molecular formula is C25H27F2NO4. The summed E-state index contributed by atoms with van der Waals surface area (Å²) < 4.78 is 32.1. The van der Waals surface area contributed by atoms with Gasteiger partial charge < -0.3 is 14.7 Å². The molecule has 32 heavy (non-hydrogen) atoms. The number of likely N-dealkylation sites (tertiary alicyclic amines) is 1. The van der Waals surface area contributed by atoms with E-state index in [1.165, 1.54) is 0 Å². The minimum Gasteiger partial charge on any atom is -0.481 e. The van der Waals surface area contributed by atoms with Crippen LogP contribution >= 0.6 is 0 Å². The van der Waals surface area contributed by atoms with E-state index in [4.69, 9.17) is 4.74 Å². The van der Waals surface area contributed by atoms with Crippen LogP contribution in [-0.2, 0) is 14.3 Å². The summed E-state index contributed by atoms with van der Waals surface area (Å²) in [6, 6.07) is 16.0. The number of ether oxygens (including phenoxy) is 1. The quantitative estimate of drug-likeness (QED) is 0.606. The van der Waals surface area contributed by atoms with Crippen molar-refractivity contribution in [3.05, 3.63) is 59.7 Å². The smallest absolute Gasteiger partial charge is 0.307 e. The molecule has 1 atom stereocenters. The average molecular weight is 443 g/mol. The van der Waals surface area contributed by atoms with Crippen LogP contribution in [0.4, 0.5) is 8.78 Å². The van der Waals surface area contributed by atoms with Gasteiger partial charge in [0.2, 0.25) is 0 Å². The van der Waals surface area contributed by atoms with E-state index in [2.05, 4.69) is 0 Å². The van der Waals surface area contributed by atoms with Gasteiger partial charge in [-0.2, -0.15) is 0 Å². The number of benzene rings is 2. The summed E-state index contributed by atoms with van der Waals surface area (Å²) in [7, 11) is 0. The van der Waals surface area contributed by atoms with Gasteiger partial charge in [0, 0.05) is 31.8 Å². The van der Waals surface area contributed by atoms with Crippen LogP contribution in [-0.4, -0.2) is 54.1 Å². The van der Waals surface area contributed by atoms with E-state index in [-0.39, 0.29) is 51.3 Å². The Balaban J connectivity index is 1.32. The minimum absolute atomic E-state index is 0.0790. The molecule has 2 aliphatic rings. The molecule has 0 amide bonds. The fourth-order valence-electron chi connectivity index (χ4n) is 4.63. The van der Waals surface area contributed by atoms with E-state index in [0.29, 0.717) is 6.54 Å². The number of esters is 1. The van der Waals surface area contributed by atoms with E-state index in [0.717, 1.165) is 22.3 Å². The van der Waals surface area contributed by atoms with Crippen LogP contribution in [0.2, 0.25) is 0 Å². The van der Waals surface area contributed by atoms with Crippen LogP contribution < -0.4 is 0 Å². The number of piperidine rings is 1. The SMILES string of the molecule is O=C(C[C@@H](CCN1CCC(F)(F)CC1)C(=O)O)OCC1c2ccccc2-c2ccccc21. The number of halogens is 2. The Bertz CT molecular complexity index is 938. The van der Waals surface area contributed by atoms with Crippen molar-refractivity contribution in [2.75, 3.05) is 26.2 Å². The zero-order valence-electron chi connectivity index (χ0n) is 17.8. The van der Waals surface area contributed by atoms with Gasteiger partial charge >= 0.3 is 11.9 Å². The number of hydrogen-bond acceptors (Lipinski definition) is 4. The highest BCUT2D eigenvalue weighted by atomic mass is 19.3. The van der Waals surface area contributed by atoms with Crippen LogP contribution in [0.1, 0.15) is 42.7 Å². The molecule has 1 saturated heterocycles. The summed E-state index contributed by atoms with van der Waals surface area (Å²) in [6.45, 7) is 1.01. The lowest BCUT2D eigenvalue weighted by molar-refractivity contribution is -0.152. The lowest BCUT2D eigenvalue weighted by Crippen LogP contribution is -2.40. The minimum atomic E-state index is -2.63. The van der Waals surface area contributed by atoms with Gasteiger partial charge in [-0.15, -0.1) is 0 Å². The van der Waals surface area contributed by atoms with Gasteiger partial charge in [0.1, 0.15) is 6.61 Å². The number of carbonyl (C=O) groups excluding carboxylic acids is 1. The molecule has 1 fully saturated rings. The van der Waals surface area contributed by atoms with Crippen molar-refractivity contribution in [1.82, 2.24) is 4.90 Å². The number of hydrogen-bond donors (Lipinski definition) is 1. The van der Waals surface area contributed by atoms with E-state index in [9.17, 15) is 23.5 Å². The zero-order valence-corrected chi connectivity index (χ0v) is 17.8. The highest BCUT2D eigenvalue weighted by Crippen LogP contribution is 2.44. The van der Waals surface area contributed by atoms with E-state index in [1.54, 1.807) is 0 Å². The Morgan fingerprint density at radius 2 is 1.59 bits per heavy atom. The third kappa shape index (κ3) is 4.99. The number of aliphatic carboxylic acids is 1. The molecule has 1 aliphatic carbocycles. The molecular weight excluding hydrogens is 416 g/mol. The molecule has 0 bridgehead atoms. The molecule has 2 aromatic rings. The number of carbonyl (C=O) groups is 2. The van der Waals surface area contributed by atoms with Crippen molar-refractivity contribution in [3.63, 3.8) is 0 Å². The zero-order chi connectivity index (χ0) is 22.7. The molecule has 0 unspecified atom stereocenters. The maximum Gasteiger partial charge on any atom is 0.307 e. The van der Waals surface area contributed by atoms with Crippen molar-refractivity contribution in [2.24, 2.45) is 5.92 Å². The van der Waals surface area contributed by atoms with Crippen LogP contribution in [0.5, 0.6) is 0 Å². The Morgan fingerprint density at radius 3 is 2.16 bits per heavy atom. The van der Waals surface area contributed by atoms with Crippen LogP contribution in [0.3, 0.4) is 0 Å². The molecule has 0 aromatic heterocycles. The number of rotatable bonds is 8. The Morgan fingerprint density at radius 1 is 1.03 bits per heavy atom. The lowest BCUT2D eigenvalue weighted by atomic mass is 9.98. The predicted octanol–water partition coefficient (Wildman–Crippen LogP) is 4.55. The van der Waals surface area contributed by atoms with Gasteiger partial charge in [-0.3, -0.25) is 9.59 Å². The first-order chi connectivity index (χ1) is 15.3. The second-order valence-electron chi connectivity index (χ2n) is 8.64. The summed E-state index contributed by atoms with van der Waals surface area (Å²) >= 11 is 0. The maximum atomic E-state index is 13.3. The molecule has 2 aromatic carbocycles. The normalized spacial score (nSPS) is 18.6. The Hall–Kier alpha value is -2.80. The summed E-state index contributed by atoms with van der Waals surface area (Å²) in [5.74, 6) is -5.23. The summed E-state index contributed by atoms with van der Waals surface area (Å²) in [6.07, 6.45) is -0.422. The molecule has 4 rings (SSSR count). The fraction of sp³-hybridized carbons (Fsp3) is 0.440. The topological polar surface area (TPSA) is 66.8 Å². The van der Waals surface area contributed by atoms with Crippen molar-refractivity contribution in [1.29, 1.82) is 0 Å². The number of fused-ring (bicyclic) bond motifs is 3. The molecule has 0 radical (unpaired) electrons. The standard InChI is InChI=1S/C25H27F2NO4/c26-25(27)10-13-28(14-11-25)12-9-17(24(30)31)15-23(29)32-16-22-20-7-3-1-5-18(20)19-6-2-4-8-21(19)22/h1-8,17,22H,9-16H2,(H,30,31)/t17-/m1/s1. The number of carboxylic acids is 1. The van der Waals surface area contributed by atoms with Gasteiger partial charge in [-0.1, -0.05) is 48.5 Å². The van der Waals surface area contributed by atoms with Gasteiger partial charge in [0.05, 0.1) is 12.3 Å². The summed E-state index contributed by atoms with van der Waals surface area (Å²) in [5, 5.41) is 9.53. The highest BCUT2D eigenvalue weighted by molar-refractivity contribution is 5.80. The van der Waals surface area contributed by atoms with Crippen molar-refractivity contribution in [2.45, 2.75) is 37.5 Å². The lowest BCUT2D eigenvalue weighted by Gasteiger charge is -2.32. The second-order valence-corrected chi connectivity index (χ2v) is 8.64. The van der Waals surface area contributed by atoms with Gasteiger partial charge in [0.15, 0.2) is 0 Å². The molecule has 5 nitrogen and oxygen atoms in total. The average Bonchev–Trinajstić information content (AvgIpc) is 3.09. The van der Waals surface area contributed by atoms with Gasteiger partial charge in [-0.05, 0) is 35.2 Å². The number of nitrogens with zero attached hydrogens (tertiary/aromatic N) is 1. The first kappa shape index (κ1) is 22.4.